The summed E-state index contributed by atoms with van der Waals surface area (Å²) in [5.41, 5.74) is 1.14. The van der Waals surface area contributed by atoms with Crippen LogP contribution in [0.2, 0.25) is 10.0 Å². The highest BCUT2D eigenvalue weighted by atomic mass is 35.5. The van der Waals surface area contributed by atoms with Gasteiger partial charge in [-0.15, -0.1) is 0 Å². The number of benzene rings is 2. The molecule has 0 aliphatic heterocycles. The summed E-state index contributed by atoms with van der Waals surface area (Å²) in [6.45, 7) is 7.28. The van der Waals surface area contributed by atoms with Gasteiger partial charge in [-0.3, -0.25) is 4.90 Å². The molecule has 0 amide bonds. The molecule has 0 aliphatic rings. The summed E-state index contributed by atoms with van der Waals surface area (Å²) < 4.78 is 5.79. The molecule has 0 aromatic heterocycles. The number of nitrogens with zero attached hydrogens (tertiary/aromatic N) is 1. The third-order valence-electron chi connectivity index (χ3n) is 3.59. The Morgan fingerprint density at radius 2 is 1.55 bits per heavy atom. The van der Waals surface area contributed by atoms with E-state index < -0.39 is 0 Å². The zero-order valence-electron chi connectivity index (χ0n) is 13.4. The molecular weight excluding hydrogens is 317 g/mol. The minimum absolute atomic E-state index is 0.0815. The molecule has 0 N–H and O–H groups in total. The van der Waals surface area contributed by atoms with Gasteiger partial charge in [-0.05, 0) is 57.6 Å². The lowest BCUT2D eigenvalue weighted by atomic mass is 10.1. The van der Waals surface area contributed by atoms with E-state index in [0.29, 0.717) is 21.5 Å². The van der Waals surface area contributed by atoms with E-state index >= 15 is 0 Å². The van der Waals surface area contributed by atoms with Gasteiger partial charge in [0, 0.05) is 12.1 Å². The average Bonchev–Trinajstić information content (AvgIpc) is 2.43. The lowest BCUT2D eigenvalue weighted by Gasteiger charge is -2.32. The lowest BCUT2D eigenvalue weighted by molar-refractivity contribution is 0.167. The van der Waals surface area contributed by atoms with Crippen LogP contribution in [-0.4, -0.2) is 17.5 Å². The predicted molar refractivity (Wildman–Crippen MR) is 94.2 cm³/mol. The molecule has 0 bridgehead atoms. The number of hydrogen-bond acceptors (Lipinski definition) is 2. The van der Waals surface area contributed by atoms with Crippen LogP contribution in [0.1, 0.15) is 26.3 Å². The molecule has 2 rings (SSSR count). The van der Waals surface area contributed by atoms with E-state index in [-0.39, 0.29) is 5.54 Å². The number of para-hydroxylation sites is 1. The van der Waals surface area contributed by atoms with E-state index in [1.54, 1.807) is 0 Å². The Hall–Kier alpha value is -1.22. The van der Waals surface area contributed by atoms with E-state index in [4.69, 9.17) is 27.9 Å². The maximum atomic E-state index is 6.35. The molecular formula is C18H21Cl2NO. The van der Waals surface area contributed by atoms with Gasteiger partial charge < -0.3 is 4.74 Å². The van der Waals surface area contributed by atoms with E-state index in [1.807, 2.05) is 42.5 Å². The lowest BCUT2D eigenvalue weighted by Crippen LogP contribution is -2.37. The van der Waals surface area contributed by atoms with Crippen LogP contribution in [0.3, 0.4) is 0 Å². The van der Waals surface area contributed by atoms with Crippen molar-refractivity contribution < 1.29 is 4.74 Å². The van der Waals surface area contributed by atoms with Gasteiger partial charge in [-0.25, -0.2) is 0 Å². The van der Waals surface area contributed by atoms with Crippen LogP contribution < -0.4 is 4.74 Å². The van der Waals surface area contributed by atoms with E-state index in [9.17, 15) is 0 Å². The highest BCUT2D eigenvalue weighted by Crippen LogP contribution is 2.37. The van der Waals surface area contributed by atoms with Gasteiger partial charge in [0.1, 0.15) is 5.75 Å². The Balaban J connectivity index is 2.22. The third kappa shape index (κ3) is 4.39. The third-order valence-corrected chi connectivity index (χ3v) is 4.15. The van der Waals surface area contributed by atoms with Crippen LogP contribution in [0, 0.1) is 0 Å². The topological polar surface area (TPSA) is 12.5 Å². The first-order chi connectivity index (χ1) is 10.3. The fourth-order valence-corrected chi connectivity index (χ4v) is 2.53. The summed E-state index contributed by atoms with van der Waals surface area (Å²) in [4.78, 5) is 2.24. The summed E-state index contributed by atoms with van der Waals surface area (Å²) in [5.74, 6) is 1.21. The molecule has 2 nitrogen and oxygen atoms in total. The molecule has 0 radical (unpaired) electrons. The normalized spacial score (nSPS) is 11.8. The first kappa shape index (κ1) is 17.1. The van der Waals surface area contributed by atoms with Crippen molar-refractivity contribution in [3.05, 3.63) is 58.1 Å². The summed E-state index contributed by atoms with van der Waals surface area (Å²) in [6.07, 6.45) is 0. The fourth-order valence-electron chi connectivity index (χ4n) is 1.92. The Morgan fingerprint density at radius 3 is 2.05 bits per heavy atom. The monoisotopic (exact) mass is 337 g/mol. The molecule has 0 spiro atoms. The van der Waals surface area contributed by atoms with Crippen LogP contribution in [0.4, 0.5) is 0 Å². The quantitative estimate of drug-likeness (QED) is 0.676. The Morgan fingerprint density at radius 1 is 1.00 bits per heavy atom. The van der Waals surface area contributed by atoms with Gasteiger partial charge in [0.05, 0.1) is 10.0 Å². The summed E-state index contributed by atoms with van der Waals surface area (Å²) >= 11 is 12.7. The average molecular weight is 338 g/mol. The molecule has 0 atom stereocenters. The minimum Gasteiger partial charge on any atom is -0.454 e. The Bertz CT molecular complexity index is 612. The van der Waals surface area contributed by atoms with Crippen LogP contribution in [0.15, 0.2) is 42.5 Å². The first-order valence-electron chi connectivity index (χ1n) is 7.19. The highest BCUT2D eigenvalue weighted by molar-refractivity contribution is 6.37. The van der Waals surface area contributed by atoms with Gasteiger partial charge in [0.25, 0.3) is 0 Å². The van der Waals surface area contributed by atoms with Gasteiger partial charge in [-0.1, -0.05) is 41.4 Å². The molecule has 118 valence electrons. The fraction of sp³-hybridized carbons (Fsp3) is 0.333. The van der Waals surface area contributed by atoms with Crippen molar-refractivity contribution in [3.8, 4) is 11.5 Å². The first-order valence-corrected chi connectivity index (χ1v) is 7.95. The predicted octanol–water partition coefficient (Wildman–Crippen LogP) is 6.02. The van der Waals surface area contributed by atoms with Gasteiger partial charge >= 0.3 is 0 Å². The Kier molecular flexibility index (Phi) is 5.38. The standard InChI is InChI=1S/C18H21Cl2NO/c1-18(2,3)21(4)12-13-10-15(19)17(16(20)11-13)22-14-8-6-5-7-9-14/h5-11H,12H2,1-4H3. The zero-order valence-corrected chi connectivity index (χ0v) is 14.9. The van der Waals surface area contributed by atoms with Gasteiger partial charge in [0.15, 0.2) is 5.75 Å². The van der Waals surface area contributed by atoms with E-state index in [0.717, 1.165) is 12.1 Å². The molecule has 0 fully saturated rings. The van der Waals surface area contributed by atoms with Crippen molar-refractivity contribution in [1.29, 1.82) is 0 Å². The van der Waals surface area contributed by atoms with Crippen LogP contribution in [-0.2, 0) is 6.54 Å². The Labute approximate surface area is 142 Å². The molecule has 2 aromatic rings. The van der Waals surface area contributed by atoms with Gasteiger partial charge in [0.2, 0.25) is 0 Å². The molecule has 0 saturated heterocycles. The molecule has 2 aromatic carbocycles. The maximum absolute atomic E-state index is 6.35. The summed E-state index contributed by atoms with van der Waals surface area (Å²) in [6, 6.07) is 13.3. The number of ether oxygens (including phenoxy) is 1. The van der Waals surface area contributed by atoms with Crippen LogP contribution in [0.25, 0.3) is 0 Å². The van der Waals surface area contributed by atoms with Crippen molar-refractivity contribution in [2.45, 2.75) is 32.9 Å². The second-order valence-electron chi connectivity index (χ2n) is 6.33. The van der Waals surface area contributed by atoms with E-state index in [1.165, 1.54) is 0 Å². The van der Waals surface area contributed by atoms with Crippen molar-refractivity contribution in [1.82, 2.24) is 4.90 Å². The zero-order chi connectivity index (χ0) is 16.3. The molecule has 22 heavy (non-hydrogen) atoms. The van der Waals surface area contributed by atoms with Crippen molar-refractivity contribution in [3.63, 3.8) is 0 Å². The van der Waals surface area contributed by atoms with Crippen LogP contribution >= 0.6 is 23.2 Å². The van der Waals surface area contributed by atoms with Gasteiger partial charge in [-0.2, -0.15) is 0 Å². The van der Waals surface area contributed by atoms with Crippen molar-refractivity contribution in [2.75, 3.05) is 7.05 Å². The molecule has 0 aliphatic carbocycles. The molecule has 4 heteroatoms. The second kappa shape index (κ2) is 6.91. The van der Waals surface area contributed by atoms with Crippen molar-refractivity contribution in [2.24, 2.45) is 0 Å². The minimum atomic E-state index is 0.0815. The molecule has 0 saturated carbocycles. The number of halogens is 2. The second-order valence-corrected chi connectivity index (χ2v) is 7.14. The summed E-state index contributed by atoms with van der Waals surface area (Å²) in [5, 5.41) is 1.04. The SMILES string of the molecule is CN(Cc1cc(Cl)c(Oc2ccccc2)c(Cl)c1)C(C)(C)C. The van der Waals surface area contributed by atoms with Crippen LogP contribution in [0.5, 0.6) is 11.5 Å². The molecule has 0 heterocycles. The largest absolute Gasteiger partial charge is 0.454 e. The van der Waals surface area contributed by atoms with E-state index in [2.05, 4.69) is 32.7 Å². The number of rotatable bonds is 4. The summed E-state index contributed by atoms with van der Waals surface area (Å²) in [7, 11) is 2.08. The number of hydrogen-bond donors (Lipinski definition) is 0. The van der Waals surface area contributed by atoms with Crippen molar-refractivity contribution >= 4 is 23.2 Å². The smallest absolute Gasteiger partial charge is 0.164 e. The maximum Gasteiger partial charge on any atom is 0.164 e. The molecule has 0 unspecified atom stereocenters. The highest BCUT2D eigenvalue weighted by Gasteiger charge is 2.18.